The fourth-order valence-corrected chi connectivity index (χ4v) is 3.43. The predicted octanol–water partition coefficient (Wildman–Crippen LogP) is 1.85. The summed E-state index contributed by atoms with van der Waals surface area (Å²) < 4.78 is 0. The van der Waals surface area contributed by atoms with Gasteiger partial charge in [0.05, 0.1) is 5.00 Å². The monoisotopic (exact) mass is 182 g/mol. The number of anilines is 1. The Labute approximate surface area is 73.0 Å². The standard InChI is InChI=1S/C7H6N2S2/c8-3-5-6-4(1-2-10-6)7(9)11-5/h1-2,9H2. The normalized spacial score (nSPS) is 14.5. The molecule has 0 unspecified atom stereocenters. The Hall–Kier alpha value is -0.660. The van der Waals surface area contributed by atoms with Crippen molar-refractivity contribution in [3.05, 3.63) is 10.4 Å². The molecule has 0 bridgehead atoms. The molecule has 2 heterocycles. The van der Waals surface area contributed by atoms with E-state index in [0.29, 0.717) is 0 Å². The summed E-state index contributed by atoms with van der Waals surface area (Å²) in [7, 11) is 0. The van der Waals surface area contributed by atoms with Gasteiger partial charge in [0.2, 0.25) is 0 Å². The van der Waals surface area contributed by atoms with Crippen LogP contribution in [0.15, 0.2) is 4.90 Å². The van der Waals surface area contributed by atoms with Crippen molar-refractivity contribution in [1.82, 2.24) is 0 Å². The molecule has 2 rings (SSSR count). The van der Waals surface area contributed by atoms with E-state index < -0.39 is 0 Å². The van der Waals surface area contributed by atoms with Crippen LogP contribution in [0.4, 0.5) is 5.00 Å². The second kappa shape index (κ2) is 2.43. The highest BCUT2D eigenvalue weighted by molar-refractivity contribution is 7.99. The van der Waals surface area contributed by atoms with Crippen molar-refractivity contribution in [1.29, 1.82) is 5.26 Å². The van der Waals surface area contributed by atoms with Gasteiger partial charge < -0.3 is 5.73 Å². The lowest BCUT2D eigenvalue weighted by molar-refractivity contribution is 1.17. The van der Waals surface area contributed by atoms with Crippen LogP contribution in [0.3, 0.4) is 0 Å². The van der Waals surface area contributed by atoms with Crippen molar-refractivity contribution < 1.29 is 0 Å². The second-order valence-electron chi connectivity index (χ2n) is 2.31. The van der Waals surface area contributed by atoms with Crippen LogP contribution in [0.1, 0.15) is 10.4 Å². The first-order chi connectivity index (χ1) is 5.33. The Morgan fingerprint density at radius 1 is 1.55 bits per heavy atom. The molecule has 1 aliphatic heterocycles. The number of hydrogen-bond acceptors (Lipinski definition) is 4. The van der Waals surface area contributed by atoms with Gasteiger partial charge in [0.25, 0.3) is 0 Å². The first-order valence-electron chi connectivity index (χ1n) is 3.27. The second-order valence-corrected chi connectivity index (χ2v) is 4.47. The molecule has 0 fully saturated rings. The molecule has 0 radical (unpaired) electrons. The fraction of sp³-hybridized carbons (Fsp3) is 0.286. The molecule has 0 amide bonds. The summed E-state index contributed by atoms with van der Waals surface area (Å²) in [6.45, 7) is 0. The first-order valence-corrected chi connectivity index (χ1v) is 5.07. The van der Waals surface area contributed by atoms with Gasteiger partial charge >= 0.3 is 0 Å². The minimum absolute atomic E-state index is 0.792. The highest BCUT2D eigenvalue weighted by atomic mass is 32.2. The third kappa shape index (κ3) is 0.924. The van der Waals surface area contributed by atoms with Crippen LogP contribution in [0.25, 0.3) is 0 Å². The largest absolute Gasteiger partial charge is 0.390 e. The van der Waals surface area contributed by atoms with Gasteiger partial charge in [0.15, 0.2) is 0 Å². The maximum atomic E-state index is 8.71. The minimum atomic E-state index is 0.792. The van der Waals surface area contributed by atoms with Gasteiger partial charge in [0, 0.05) is 16.2 Å². The molecular weight excluding hydrogens is 176 g/mol. The number of nitriles is 1. The van der Waals surface area contributed by atoms with E-state index in [1.165, 1.54) is 16.9 Å². The molecule has 0 aromatic carbocycles. The number of rotatable bonds is 0. The predicted molar refractivity (Wildman–Crippen MR) is 47.9 cm³/mol. The van der Waals surface area contributed by atoms with Gasteiger partial charge in [0.1, 0.15) is 10.9 Å². The number of fused-ring (bicyclic) bond motifs is 1. The molecule has 11 heavy (non-hydrogen) atoms. The van der Waals surface area contributed by atoms with E-state index in [-0.39, 0.29) is 0 Å². The molecule has 0 aliphatic carbocycles. The van der Waals surface area contributed by atoms with Crippen molar-refractivity contribution in [2.45, 2.75) is 11.3 Å². The number of hydrogen-bond donors (Lipinski definition) is 1. The zero-order valence-electron chi connectivity index (χ0n) is 5.76. The minimum Gasteiger partial charge on any atom is -0.390 e. The van der Waals surface area contributed by atoms with Gasteiger partial charge in [-0.3, -0.25) is 0 Å². The average Bonchev–Trinajstić information content (AvgIpc) is 2.54. The maximum absolute atomic E-state index is 8.71. The Morgan fingerprint density at radius 3 is 3.09 bits per heavy atom. The van der Waals surface area contributed by atoms with Crippen LogP contribution in [0.2, 0.25) is 0 Å². The molecule has 1 aromatic heterocycles. The van der Waals surface area contributed by atoms with Gasteiger partial charge in [-0.2, -0.15) is 5.26 Å². The summed E-state index contributed by atoms with van der Waals surface area (Å²) >= 11 is 3.16. The van der Waals surface area contributed by atoms with Crippen LogP contribution in [0.5, 0.6) is 0 Å². The number of nitrogen functional groups attached to an aromatic ring is 1. The quantitative estimate of drug-likeness (QED) is 0.666. The smallest absolute Gasteiger partial charge is 0.120 e. The maximum Gasteiger partial charge on any atom is 0.120 e. The topological polar surface area (TPSA) is 49.8 Å². The summed E-state index contributed by atoms with van der Waals surface area (Å²) in [6, 6.07) is 2.17. The van der Waals surface area contributed by atoms with Crippen LogP contribution >= 0.6 is 23.1 Å². The van der Waals surface area contributed by atoms with Gasteiger partial charge in [-0.1, -0.05) is 0 Å². The third-order valence-corrected chi connectivity index (χ3v) is 3.93. The number of thioether (sulfide) groups is 1. The first kappa shape index (κ1) is 7.01. The molecular formula is C7H6N2S2. The molecule has 4 heteroatoms. The number of thiophene rings is 1. The van der Waals surface area contributed by atoms with Crippen molar-refractivity contribution in [3.63, 3.8) is 0 Å². The number of nitrogens with two attached hydrogens (primary N) is 1. The lowest BCUT2D eigenvalue weighted by atomic mass is 10.2. The molecule has 1 aliphatic rings. The van der Waals surface area contributed by atoms with E-state index >= 15 is 0 Å². The molecule has 0 saturated heterocycles. The van der Waals surface area contributed by atoms with Gasteiger partial charge in [-0.25, -0.2) is 0 Å². The van der Waals surface area contributed by atoms with E-state index in [1.807, 2.05) is 0 Å². The molecule has 2 N–H and O–H groups in total. The van der Waals surface area contributed by atoms with Gasteiger partial charge in [-0.05, 0) is 6.42 Å². The van der Waals surface area contributed by atoms with Crippen molar-refractivity contribution in [2.75, 3.05) is 11.5 Å². The molecule has 0 spiro atoms. The summed E-state index contributed by atoms with van der Waals surface area (Å²) in [5.74, 6) is 1.08. The van der Waals surface area contributed by atoms with E-state index in [2.05, 4.69) is 6.07 Å². The van der Waals surface area contributed by atoms with Crippen LogP contribution in [-0.4, -0.2) is 5.75 Å². The van der Waals surface area contributed by atoms with Crippen LogP contribution in [0, 0.1) is 11.3 Å². The Kier molecular flexibility index (Phi) is 1.55. The van der Waals surface area contributed by atoms with E-state index in [9.17, 15) is 0 Å². The zero-order valence-corrected chi connectivity index (χ0v) is 7.39. The molecule has 0 atom stereocenters. The van der Waals surface area contributed by atoms with Crippen LogP contribution < -0.4 is 5.73 Å². The molecule has 0 saturated carbocycles. The highest BCUT2D eigenvalue weighted by Crippen LogP contribution is 2.42. The highest BCUT2D eigenvalue weighted by Gasteiger charge is 2.21. The van der Waals surface area contributed by atoms with E-state index in [1.54, 1.807) is 11.8 Å². The fourth-order valence-electron chi connectivity index (χ4n) is 1.18. The Morgan fingerprint density at radius 2 is 2.36 bits per heavy atom. The summed E-state index contributed by atoms with van der Waals surface area (Å²) in [4.78, 5) is 1.93. The zero-order chi connectivity index (χ0) is 7.84. The molecule has 1 aromatic rings. The van der Waals surface area contributed by atoms with Crippen molar-refractivity contribution in [3.8, 4) is 6.07 Å². The van der Waals surface area contributed by atoms with Gasteiger partial charge in [-0.15, -0.1) is 23.1 Å². The molecule has 56 valence electrons. The summed E-state index contributed by atoms with van der Waals surface area (Å²) in [5.41, 5.74) is 6.93. The Bertz CT molecular complexity index is 335. The van der Waals surface area contributed by atoms with Crippen molar-refractivity contribution >= 4 is 28.1 Å². The average molecular weight is 182 g/mol. The summed E-state index contributed by atoms with van der Waals surface area (Å²) in [6.07, 6.45) is 1.03. The van der Waals surface area contributed by atoms with Crippen molar-refractivity contribution in [2.24, 2.45) is 0 Å². The van der Waals surface area contributed by atoms with Crippen LogP contribution in [-0.2, 0) is 6.42 Å². The Balaban J connectivity index is 2.63. The lowest BCUT2D eigenvalue weighted by Gasteiger charge is -1.86. The molecule has 2 nitrogen and oxygen atoms in total. The third-order valence-electron chi connectivity index (χ3n) is 1.69. The number of nitrogens with zero attached hydrogens (tertiary/aromatic N) is 1. The lowest BCUT2D eigenvalue weighted by Crippen LogP contribution is -1.85. The van der Waals surface area contributed by atoms with E-state index in [0.717, 1.165) is 26.9 Å². The SMILES string of the molecule is N#Cc1sc(N)c2c1SCC2. The van der Waals surface area contributed by atoms with E-state index in [4.69, 9.17) is 11.0 Å². The summed E-state index contributed by atoms with van der Waals surface area (Å²) in [5, 5.41) is 9.54.